The van der Waals surface area contributed by atoms with Gasteiger partial charge in [-0.3, -0.25) is 19.5 Å². The van der Waals surface area contributed by atoms with Gasteiger partial charge in [0.05, 0.1) is 17.7 Å². The highest BCUT2D eigenvalue weighted by atomic mass is 32.2. The van der Waals surface area contributed by atoms with E-state index in [0.29, 0.717) is 18.0 Å². The van der Waals surface area contributed by atoms with E-state index in [0.717, 1.165) is 73.4 Å². The van der Waals surface area contributed by atoms with E-state index in [2.05, 4.69) is 40.5 Å². The minimum absolute atomic E-state index is 0.00876. The van der Waals surface area contributed by atoms with Crippen molar-refractivity contribution >= 4 is 21.5 Å². The fourth-order valence-electron chi connectivity index (χ4n) is 7.05. The molecule has 0 atom stereocenters. The first-order valence-corrected chi connectivity index (χ1v) is 20.9. The second-order valence-corrected chi connectivity index (χ2v) is 16.4. The van der Waals surface area contributed by atoms with Gasteiger partial charge in [-0.1, -0.05) is 72.8 Å². The second kappa shape index (κ2) is 19.1. The number of hydrogen-bond acceptors (Lipinski definition) is 8. The molecule has 4 aromatic carbocycles. The summed E-state index contributed by atoms with van der Waals surface area (Å²) < 4.78 is 42.7. The van der Waals surface area contributed by atoms with Gasteiger partial charge in [-0.05, 0) is 84.5 Å². The number of piperidine rings is 1. The van der Waals surface area contributed by atoms with Gasteiger partial charge in [-0.15, -0.1) is 0 Å². The molecule has 9 nitrogen and oxygen atoms in total. The van der Waals surface area contributed by atoms with E-state index in [1.54, 1.807) is 12.1 Å². The van der Waals surface area contributed by atoms with Crippen LogP contribution in [0.4, 0.5) is 4.39 Å². The van der Waals surface area contributed by atoms with Crippen LogP contribution >= 0.6 is 0 Å². The molecule has 1 fully saturated rings. The summed E-state index contributed by atoms with van der Waals surface area (Å²) >= 11 is 0. The molecule has 0 saturated carbocycles. The summed E-state index contributed by atoms with van der Waals surface area (Å²) in [6.07, 6.45) is 5.55. The lowest BCUT2D eigenvalue weighted by atomic mass is 9.99. The number of Topliss-reactive ketones (excluding diaryl/α,β-unsaturated/α-hetero) is 1. The third kappa shape index (κ3) is 11.2. The molecule has 0 aliphatic carbocycles. The summed E-state index contributed by atoms with van der Waals surface area (Å²) in [5, 5.41) is 3.43. The average Bonchev–Trinajstić information content (AvgIpc) is 3.21. The number of aromatic nitrogens is 1. The Morgan fingerprint density at radius 2 is 1.55 bits per heavy atom. The number of benzene rings is 4. The predicted molar refractivity (Wildman–Crippen MR) is 216 cm³/mol. The van der Waals surface area contributed by atoms with E-state index in [-0.39, 0.29) is 41.9 Å². The number of pyridine rings is 1. The van der Waals surface area contributed by atoms with Crippen LogP contribution in [-0.4, -0.2) is 73.9 Å². The van der Waals surface area contributed by atoms with Crippen molar-refractivity contribution in [3.8, 4) is 17.0 Å². The molecular weight excluding hydrogens is 728 g/mol. The molecule has 1 aliphatic rings. The molecular formula is C45H49FN4O5S. The Labute approximate surface area is 329 Å². The van der Waals surface area contributed by atoms with Gasteiger partial charge in [-0.25, -0.2) is 12.8 Å². The molecule has 0 bridgehead atoms. The monoisotopic (exact) mass is 776 g/mol. The zero-order valence-corrected chi connectivity index (χ0v) is 32.8. The van der Waals surface area contributed by atoms with Crippen LogP contribution < -0.4 is 10.1 Å². The Bertz CT molecular complexity index is 2170. The SMILES string of the molecule is COc1ccc(C(=O)CCC(=O)N(Cc2ccc(-c3ccc(CNCCc4ccc(S(C)(=O)=O)cc4)cn3)cc2)C2CCN(Cc3ccccc3)CC2)cc1F. The van der Waals surface area contributed by atoms with Crippen LogP contribution in [0.25, 0.3) is 11.3 Å². The summed E-state index contributed by atoms with van der Waals surface area (Å²) in [7, 11) is -1.83. The molecule has 2 heterocycles. The number of rotatable bonds is 17. The first kappa shape index (κ1) is 40.4. The van der Waals surface area contributed by atoms with E-state index in [1.165, 1.54) is 37.1 Å². The lowest BCUT2D eigenvalue weighted by molar-refractivity contribution is -0.135. The highest BCUT2D eigenvalue weighted by Gasteiger charge is 2.28. The van der Waals surface area contributed by atoms with Gasteiger partial charge in [0.15, 0.2) is 27.2 Å². The summed E-state index contributed by atoms with van der Waals surface area (Å²) in [6.45, 7) is 4.42. The maximum absolute atomic E-state index is 14.3. The highest BCUT2D eigenvalue weighted by molar-refractivity contribution is 7.90. The van der Waals surface area contributed by atoms with Crippen LogP contribution in [0.15, 0.2) is 120 Å². The van der Waals surface area contributed by atoms with Crippen molar-refractivity contribution in [3.63, 3.8) is 0 Å². The van der Waals surface area contributed by atoms with Crippen LogP contribution in [0, 0.1) is 5.82 Å². The maximum atomic E-state index is 14.3. The van der Waals surface area contributed by atoms with Crippen molar-refractivity contribution < 1.29 is 27.1 Å². The zero-order chi connectivity index (χ0) is 39.5. The first-order valence-electron chi connectivity index (χ1n) is 19.0. The van der Waals surface area contributed by atoms with Crippen LogP contribution in [-0.2, 0) is 40.7 Å². The third-order valence-electron chi connectivity index (χ3n) is 10.3. The van der Waals surface area contributed by atoms with E-state index < -0.39 is 15.7 Å². The lowest BCUT2D eigenvalue weighted by Gasteiger charge is -2.39. The fourth-order valence-corrected chi connectivity index (χ4v) is 7.68. The minimum Gasteiger partial charge on any atom is -0.494 e. The minimum atomic E-state index is -3.20. The van der Waals surface area contributed by atoms with Gasteiger partial charge in [0.2, 0.25) is 5.91 Å². The summed E-state index contributed by atoms with van der Waals surface area (Å²) in [5.74, 6) is -0.908. The number of carbonyl (C=O) groups is 2. The Morgan fingerprint density at radius 1 is 0.857 bits per heavy atom. The quantitative estimate of drug-likeness (QED) is 0.0776. The van der Waals surface area contributed by atoms with E-state index in [9.17, 15) is 22.4 Å². The van der Waals surface area contributed by atoms with Crippen LogP contribution in [0.5, 0.6) is 5.75 Å². The summed E-state index contributed by atoms with van der Waals surface area (Å²) in [5.41, 5.74) is 6.41. The normalized spacial score (nSPS) is 13.7. The number of halogens is 1. The second-order valence-electron chi connectivity index (χ2n) is 14.4. The smallest absolute Gasteiger partial charge is 0.223 e. The van der Waals surface area contributed by atoms with Crippen molar-refractivity contribution in [3.05, 3.63) is 149 Å². The first-order chi connectivity index (χ1) is 27.1. The standard InChI is InChI=1S/C45H49FN4O5S/c1-55-44-20-15-38(28-41(44)46)43(51)19-21-45(52)50(39-23-26-49(27-24-39)31-34-6-4-3-5-7-34)32-35-8-13-37(14-9-35)42-18-12-36(30-48-42)29-47-25-22-33-10-16-40(17-11-33)56(2,53)54/h3-18,20,28,30,39,47H,19,21-27,29,31-32H2,1-2H3. The number of sulfone groups is 1. The van der Waals surface area contributed by atoms with Crippen LogP contribution in [0.1, 0.15) is 58.3 Å². The predicted octanol–water partition coefficient (Wildman–Crippen LogP) is 7.29. The number of carbonyl (C=O) groups excluding carboxylic acids is 2. The van der Waals surface area contributed by atoms with Gasteiger partial charge >= 0.3 is 0 Å². The number of nitrogens with zero attached hydrogens (tertiary/aromatic N) is 3. The number of amides is 1. The van der Waals surface area contributed by atoms with Crippen molar-refractivity contribution in [2.75, 3.05) is 33.0 Å². The number of methoxy groups -OCH3 is 1. The molecule has 1 aromatic heterocycles. The summed E-state index contributed by atoms with van der Waals surface area (Å²) in [4.78, 5) is 36.3. The topological polar surface area (TPSA) is 109 Å². The third-order valence-corrected chi connectivity index (χ3v) is 11.4. The number of likely N-dealkylation sites (tertiary alicyclic amines) is 1. The molecule has 1 N–H and O–H groups in total. The number of ketones is 1. The van der Waals surface area contributed by atoms with Crippen LogP contribution in [0.2, 0.25) is 0 Å². The summed E-state index contributed by atoms with van der Waals surface area (Å²) in [6, 6.07) is 33.7. The molecule has 292 valence electrons. The molecule has 1 aliphatic heterocycles. The van der Waals surface area contributed by atoms with E-state index >= 15 is 0 Å². The lowest BCUT2D eigenvalue weighted by Crippen LogP contribution is -2.47. The van der Waals surface area contributed by atoms with Crippen molar-refractivity contribution in [1.82, 2.24) is 20.1 Å². The fraction of sp³-hybridized carbons (Fsp3) is 0.311. The van der Waals surface area contributed by atoms with Gasteiger partial charge in [0, 0.05) is 75.2 Å². The molecule has 56 heavy (non-hydrogen) atoms. The maximum Gasteiger partial charge on any atom is 0.223 e. The molecule has 0 unspecified atom stereocenters. The molecule has 5 aromatic rings. The Kier molecular flexibility index (Phi) is 13.8. The number of nitrogens with one attached hydrogen (secondary N) is 1. The average molecular weight is 777 g/mol. The van der Waals surface area contributed by atoms with Crippen molar-refractivity contribution in [2.45, 2.75) is 62.7 Å². The number of ether oxygens (including phenoxy) is 1. The van der Waals surface area contributed by atoms with Crippen molar-refractivity contribution in [2.24, 2.45) is 0 Å². The van der Waals surface area contributed by atoms with E-state index in [4.69, 9.17) is 9.72 Å². The Balaban J connectivity index is 1.05. The van der Waals surface area contributed by atoms with Gasteiger partial charge < -0.3 is 15.0 Å². The zero-order valence-electron chi connectivity index (χ0n) is 32.0. The van der Waals surface area contributed by atoms with Gasteiger partial charge in [0.1, 0.15) is 0 Å². The van der Waals surface area contributed by atoms with Gasteiger partial charge in [-0.2, -0.15) is 0 Å². The molecule has 0 spiro atoms. The van der Waals surface area contributed by atoms with Crippen molar-refractivity contribution in [1.29, 1.82) is 0 Å². The van der Waals surface area contributed by atoms with Crippen LogP contribution in [0.3, 0.4) is 0 Å². The molecule has 11 heteroatoms. The highest BCUT2D eigenvalue weighted by Crippen LogP contribution is 2.25. The molecule has 6 rings (SSSR count). The molecule has 1 saturated heterocycles. The van der Waals surface area contributed by atoms with Gasteiger partial charge in [0.25, 0.3) is 0 Å². The Hall–Kier alpha value is -5.23. The van der Waals surface area contributed by atoms with E-state index in [1.807, 2.05) is 59.6 Å². The largest absolute Gasteiger partial charge is 0.494 e. The number of hydrogen-bond donors (Lipinski definition) is 1. The molecule has 1 amide bonds. The molecule has 0 radical (unpaired) electrons. The Morgan fingerprint density at radius 3 is 2.20 bits per heavy atom.